The van der Waals surface area contributed by atoms with Gasteiger partial charge >= 0.3 is 0 Å². The fourth-order valence-corrected chi connectivity index (χ4v) is 2.05. The molecule has 2 atom stereocenters. The number of hydrogen-bond donors (Lipinski definition) is 3. The topological polar surface area (TPSA) is 69.8 Å². The Bertz CT molecular complexity index is 374. The van der Waals surface area contributed by atoms with Gasteiger partial charge in [0, 0.05) is 11.7 Å². The van der Waals surface area contributed by atoms with Gasteiger partial charge in [-0.1, -0.05) is 6.92 Å². The standard InChI is InChI=1S/C11H18N4O/c1-7-5-12-4-3-10(7)14-11(16)9-6-13-15-8(9)2/h6-7,10,12H,3-5H2,1-2H3,(H,13,15)(H,14,16). The first kappa shape index (κ1) is 11.1. The molecule has 0 saturated carbocycles. The van der Waals surface area contributed by atoms with Crippen LogP contribution in [0.25, 0.3) is 0 Å². The summed E-state index contributed by atoms with van der Waals surface area (Å²) >= 11 is 0. The molecule has 5 heteroatoms. The number of piperidine rings is 1. The van der Waals surface area contributed by atoms with Gasteiger partial charge in [-0.05, 0) is 32.4 Å². The minimum Gasteiger partial charge on any atom is -0.349 e. The zero-order valence-corrected chi connectivity index (χ0v) is 9.71. The summed E-state index contributed by atoms with van der Waals surface area (Å²) in [6.45, 7) is 5.95. The Balaban J connectivity index is 1.99. The van der Waals surface area contributed by atoms with Crippen LogP contribution >= 0.6 is 0 Å². The lowest BCUT2D eigenvalue weighted by Gasteiger charge is -2.30. The molecule has 0 aromatic carbocycles. The molecule has 16 heavy (non-hydrogen) atoms. The molecule has 1 saturated heterocycles. The predicted octanol–water partition coefficient (Wildman–Crippen LogP) is 0.446. The summed E-state index contributed by atoms with van der Waals surface area (Å²) in [6, 6.07) is 0.267. The highest BCUT2D eigenvalue weighted by Crippen LogP contribution is 2.12. The molecule has 1 aliphatic heterocycles. The number of carbonyl (C=O) groups excluding carboxylic acids is 1. The van der Waals surface area contributed by atoms with Crippen LogP contribution in [0, 0.1) is 12.8 Å². The molecule has 3 N–H and O–H groups in total. The fraction of sp³-hybridized carbons (Fsp3) is 0.636. The van der Waals surface area contributed by atoms with Crippen LogP contribution in [0.3, 0.4) is 0 Å². The van der Waals surface area contributed by atoms with Gasteiger partial charge in [0.25, 0.3) is 5.91 Å². The van der Waals surface area contributed by atoms with Crippen molar-refractivity contribution in [3.8, 4) is 0 Å². The smallest absolute Gasteiger partial charge is 0.254 e. The van der Waals surface area contributed by atoms with Crippen LogP contribution in [0.15, 0.2) is 6.20 Å². The summed E-state index contributed by atoms with van der Waals surface area (Å²) in [7, 11) is 0. The number of nitrogens with one attached hydrogen (secondary N) is 3. The summed E-state index contributed by atoms with van der Waals surface area (Å²) in [5, 5.41) is 13.0. The summed E-state index contributed by atoms with van der Waals surface area (Å²) in [5.41, 5.74) is 1.46. The molecule has 1 aromatic heterocycles. The van der Waals surface area contributed by atoms with E-state index in [-0.39, 0.29) is 11.9 Å². The Hall–Kier alpha value is -1.36. The Kier molecular flexibility index (Phi) is 3.24. The molecule has 1 aromatic rings. The van der Waals surface area contributed by atoms with Crippen molar-refractivity contribution in [2.75, 3.05) is 13.1 Å². The monoisotopic (exact) mass is 222 g/mol. The lowest BCUT2D eigenvalue weighted by molar-refractivity contribution is 0.0913. The molecule has 1 aliphatic rings. The van der Waals surface area contributed by atoms with E-state index in [1.165, 1.54) is 0 Å². The van der Waals surface area contributed by atoms with Crippen LogP contribution in [0.1, 0.15) is 29.4 Å². The van der Waals surface area contributed by atoms with Gasteiger partial charge in [0.15, 0.2) is 0 Å². The van der Waals surface area contributed by atoms with E-state index in [4.69, 9.17) is 0 Å². The minimum absolute atomic E-state index is 0.0231. The lowest BCUT2D eigenvalue weighted by atomic mass is 9.95. The summed E-state index contributed by atoms with van der Waals surface area (Å²) < 4.78 is 0. The molecular weight excluding hydrogens is 204 g/mol. The van der Waals surface area contributed by atoms with Gasteiger partial charge in [0.05, 0.1) is 11.8 Å². The first-order chi connectivity index (χ1) is 7.68. The number of aromatic amines is 1. The predicted molar refractivity (Wildman–Crippen MR) is 61.2 cm³/mol. The van der Waals surface area contributed by atoms with E-state index in [0.29, 0.717) is 11.5 Å². The maximum absolute atomic E-state index is 11.9. The third kappa shape index (κ3) is 2.24. The number of aryl methyl sites for hydroxylation is 1. The molecule has 2 heterocycles. The summed E-state index contributed by atoms with van der Waals surface area (Å²) in [6.07, 6.45) is 2.57. The van der Waals surface area contributed by atoms with Gasteiger partial charge in [0.2, 0.25) is 0 Å². The van der Waals surface area contributed by atoms with E-state index in [2.05, 4.69) is 27.8 Å². The van der Waals surface area contributed by atoms with Crippen LogP contribution in [0.5, 0.6) is 0 Å². The van der Waals surface area contributed by atoms with Crippen molar-refractivity contribution in [1.29, 1.82) is 0 Å². The van der Waals surface area contributed by atoms with Crippen LogP contribution < -0.4 is 10.6 Å². The largest absolute Gasteiger partial charge is 0.349 e. The SMILES string of the molecule is Cc1[nH]ncc1C(=O)NC1CCNCC1C. The van der Waals surface area contributed by atoms with Crippen LogP contribution in [0.2, 0.25) is 0 Å². The molecule has 5 nitrogen and oxygen atoms in total. The zero-order chi connectivity index (χ0) is 11.5. The first-order valence-corrected chi connectivity index (χ1v) is 5.70. The molecule has 1 fully saturated rings. The van der Waals surface area contributed by atoms with Gasteiger partial charge in [-0.3, -0.25) is 9.89 Å². The van der Waals surface area contributed by atoms with E-state index in [1.807, 2.05) is 6.92 Å². The van der Waals surface area contributed by atoms with Gasteiger partial charge in [0.1, 0.15) is 0 Å². The number of rotatable bonds is 2. The molecular formula is C11H18N4O. The van der Waals surface area contributed by atoms with Crippen molar-refractivity contribution < 1.29 is 4.79 Å². The van der Waals surface area contributed by atoms with Crippen molar-refractivity contribution in [1.82, 2.24) is 20.8 Å². The summed E-state index contributed by atoms with van der Waals surface area (Å²) in [4.78, 5) is 11.9. The molecule has 2 rings (SSSR count). The number of hydrogen-bond acceptors (Lipinski definition) is 3. The average molecular weight is 222 g/mol. The molecule has 0 radical (unpaired) electrons. The molecule has 1 amide bonds. The number of H-pyrrole nitrogens is 1. The minimum atomic E-state index is -0.0231. The van der Waals surface area contributed by atoms with Crippen molar-refractivity contribution in [3.63, 3.8) is 0 Å². The third-order valence-electron chi connectivity index (χ3n) is 3.18. The number of amides is 1. The molecule has 0 spiro atoms. The van der Waals surface area contributed by atoms with E-state index in [1.54, 1.807) is 6.20 Å². The second-order valence-corrected chi connectivity index (χ2v) is 4.46. The van der Waals surface area contributed by atoms with E-state index >= 15 is 0 Å². The first-order valence-electron chi connectivity index (χ1n) is 5.70. The Labute approximate surface area is 95.0 Å². The van der Waals surface area contributed by atoms with Crippen LogP contribution in [-0.4, -0.2) is 35.2 Å². The number of carbonyl (C=O) groups is 1. The number of aromatic nitrogens is 2. The van der Waals surface area contributed by atoms with Crippen molar-refractivity contribution in [3.05, 3.63) is 17.5 Å². The van der Waals surface area contributed by atoms with E-state index < -0.39 is 0 Å². The summed E-state index contributed by atoms with van der Waals surface area (Å²) in [5.74, 6) is 0.454. The maximum Gasteiger partial charge on any atom is 0.254 e. The lowest BCUT2D eigenvalue weighted by Crippen LogP contribution is -2.48. The van der Waals surface area contributed by atoms with Crippen LogP contribution in [0.4, 0.5) is 0 Å². The van der Waals surface area contributed by atoms with Gasteiger partial charge in [-0.25, -0.2) is 0 Å². The van der Waals surface area contributed by atoms with Gasteiger partial charge in [-0.2, -0.15) is 5.10 Å². The molecule has 0 aliphatic carbocycles. The Morgan fingerprint density at radius 1 is 1.62 bits per heavy atom. The quantitative estimate of drug-likeness (QED) is 0.680. The molecule has 0 bridgehead atoms. The highest BCUT2D eigenvalue weighted by Gasteiger charge is 2.23. The van der Waals surface area contributed by atoms with Crippen molar-refractivity contribution >= 4 is 5.91 Å². The Morgan fingerprint density at radius 3 is 3.06 bits per heavy atom. The van der Waals surface area contributed by atoms with Gasteiger partial charge in [-0.15, -0.1) is 0 Å². The van der Waals surface area contributed by atoms with Gasteiger partial charge < -0.3 is 10.6 Å². The second kappa shape index (κ2) is 4.65. The van der Waals surface area contributed by atoms with E-state index in [9.17, 15) is 4.79 Å². The maximum atomic E-state index is 11.9. The fourth-order valence-electron chi connectivity index (χ4n) is 2.05. The second-order valence-electron chi connectivity index (χ2n) is 4.46. The molecule has 2 unspecified atom stereocenters. The molecule has 88 valence electrons. The van der Waals surface area contributed by atoms with Crippen molar-refractivity contribution in [2.24, 2.45) is 5.92 Å². The van der Waals surface area contributed by atoms with E-state index in [0.717, 1.165) is 25.2 Å². The number of nitrogens with zero attached hydrogens (tertiary/aromatic N) is 1. The third-order valence-corrected chi connectivity index (χ3v) is 3.18. The average Bonchev–Trinajstić information content (AvgIpc) is 2.68. The highest BCUT2D eigenvalue weighted by atomic mass is 16.1. The normalized spacial score (nSPS) is 25.4. The van der Waals surface area contributed by atoms with Crippen LogP contribution in [-0.2, 0) is 0 Å². The van der Waals surface area contributed by atoms with Crippen molar-refractivity contribution in [2.45, 2.75) is 26.3 Å². The Morgan fingerprint density at radius 2 is 2.44 bits per heavy atom. The highest BCUT2D eigenvalue weighted by molar-refractivity contribution is 5.95. The zero-order valence-electron chi connectivity index (χ0n) is 9.71.